The Morgan fingerprint density at radius 3 is 1.83 bits per heavy atom. The highest BCUT2D eigenvalue weighted by Gasteiger charge is 2.25. The maximum Gasteiger partial charge on any atom is 0.0434 e. The lowest BCUT2D eigenvalue weighted by Gasteiger charge is -2.25. The molecule has 6 aromatic carbocycles. The molecular weight excluding hydrogens is 585 g/mol. The third-order valence-corrected chi connectivity index (χ3v) is 12.2. The highest BCUT2D eigenvalue weighted by atomic mass is 32.1. The lowest BCUT2D eigenvalue weighted by Crippen LogP contribution is -2.03. The van der Waals surface area contributed by atoms with Crippen LogP contribution in [0.4, 0.5) is 0 Å². The molecule has 0 nitrogen and oxygen atoms in total. The number of thiophene rings is 1. The van der Waals surface area contributed by atoms with Crippen molar-refractivity contribution in [1.82, 2.24) is 0 Å². The zero-order chi connectivity index (χ0) is 30.6. The van der Waals surface area contributed by atoms with Crippen LogP contribution >= 0.6 is 11.3 Å². The molecule has 0 N–H and O–H groups in total. The molecule has 220 valence electrons. The van der Waals surface area contributed by atoms with Crippen molar-refractivity contribution >= 4 is 66.3 Å². The number of rotatable bonds is 3. The molecule has 0 aliphatic heterocycles. The lowest BCUT2D eigenvalue weighted by atomic mass is 9.79. The van der Waals surface area contributed by atoms with Crippen molar-refractivity contribution in [3.05, 3.63) is 155 Å². The molecule has 4 aliphatic carbocycles. The van der Waals surface area contributed by atoms with Gasteiger partial charge in [-0.15, -0.1) is 11.3 Å². The Bertz CT molecular complexity index is 2670. The molecule has 1 heterocycles. The molecule has 47 heavy (non-hydrogen) atoms. The first-order valence-electron chi connectivity index (χ1n) is 16.8. The summed E-state index contributed by atoms with van der Waals surface area (Å²) in [6.07, 6.45) is 18.2. The van der Waals surface area contributed by atoms with E-state index in [1.54, 1.807) is 0 Å². The fraction of sp³-hybridized carbons (Fsp3) is 0.0870. The first-order valence-corrected chi connectivity index (χ1v) is 17.6. The van der Waals surface area contributed by atoms with Gasteiger partial charge < -0.3 is 0 Å². The predicted molar refractivity (Wildman–Crippen MR) is 204 cm³/mol. The average Bonchev–Trinajstić information content (AvgIpc) is 3.52. The standard InChI is InChI=1S/C46H30S/c1-2-13-40-39(12-1)45(38-25-21-32-17-15-28-7-4-9-30-20-24-37(38)44(32)42(28)30)46(47-40)34-11-5-10-33(26-34)35-22-18-31-16-14-27-6-3-8-29-19-23-36(35)43(31)41(27)29/h1-5,8-15,18-26H,6-7,16-17H2. The minimum atomic E-state index is 1.01. The van der Waals surface area contributed by atoms with Crippen LogP contribution in [0, 0.1) is 0 Å². The molecule has 4 aliphatic rings. The fourth-order valence-electron chi connectivity index (χ4n) is 8.86. The third kappa shape index (κ3) is 3.64. The van der Waals surface area contributed by atoms with Crippen LogP contribution in [-0.2, 0) is 12.8 Å². The maximum atomic E-state index is 2.45. The Kier molecular flexibility index (Phi) is 5.31. The molecule has 0 radical (unpaired) electrons. The summed E-state index contributed by atoms with van der Waals surface area (Å²) in [4.78, 5) is 1.35. The smallest absolute Gasteiger partial charge is 0.0434 e. The molecule has 11 rings (SSSR count). The Balaban J connectivity index is 1.14. The molecule has 7 aromatic rings. The second kappa shape index (κ2) is 9.64. The number of allylic oxidation sites excluding steroid dienone is 6. The van der Waals surface area contributed by atoms with Gasteiger partial charge >= 0.3 is 0 Å². The van der Waals surface area contributed by atoms with Crippen LogP contribution in [0.2, 0.25) is 0 Å². The summed E-state index contributed by atoms with van der Waals surface area (Å²) in [5.41, 5.74) is 18.1. The van der Waals surface area contributed by atoms with Gasteiger partial charge in [0.2, 0.25) is 0 Å². The van der Waals surface area contributed by atoms with E-state index in [1.165, 1.54) is 109 Å². The molecule has 0 amide bonds. The summed E-state index contributed by atoms with van der Waals surface area (Å²) in [7, 11) is 0. The molecule has 1 aromatic heterocycles. The van der Waals surface area contributed by atoms with E-state index in [4.69, 9.17) is 0 Å². The summed E-state index contributed by atoms with van der Waals surface area (Å²) >= 11 is 1.93. The number of fused-ring (bicyclic) bond motifs is 1. The van der Waals surface area contributed by atoms with Crippen LogP contribution in [0.1, 0.15) is 46.2 Å². The van der Waals surface area contributed by atoms with Crippen LogP contribution in [0.3, 0.4) is 0 Å². The number of hydrogen-bond acceptors (Lipinski definition) is 1. The van der Waals surface area contributed by atoms with Crippen LogP contribution in [-0.4, -0.2) is 0 Å². The minimum absolute atomic E-state index is 1.01. The van der Waals surface area contributed by atoms with Crippen molar-refractivity contribution in [2.45, 2.75) is 25.7 Å². The van der Waals surface area contributed by atoms with E-state index < -0.39 is 0 Å². The molecule has 0 atom stereocenters. The van der Waals surface area contributed by atoms with Crippen molar-refractivity contribution in [3.8, 4) is 32.7 Å². The Morgan fingerprint density at radius 1 is 0.468 bits per heavy atom. The number of benzene rings is 6. The normalized spacial score (nSPS) is 15.4. The maximum absolute atomic E-state index is 2.45. The van der Waals surface area contributed by atoms with Gasteiger partial charge in [0.25, 0.3) is 0 Å². The Morgan fingerprint density at radius 2 is 1.11 bits per heavy atom. The zero-order valence-electron chi connectivity index (χ0n) is 25.9. The van der Waals surface area contributed by atoms with Crippen molar-refractivity contribution in [3.63, 3.8) is 0 Å². The van der Waals surface area contributed by atoms with Gasteiger partial charge in [0, 0.05) is 20.5 Å². The Hall–Kier alpha value is -5.24. The molecule has 0 unspecified atom stereocenters. The van der Waals surface area contributed by atoms with E-state index in [-0.39, 0.29) is 0 Å². The van der Waals surface area contributed by atoms with Crippen molar-refractivity contribution in [1.29, 1.82) is 0 Å². The monoisotopic (exact) mass is 614 g/mol. The molecule has 1 heteroatoms. The third-order valence-electron chi connectivity index (χ3n) is 10.9. The number of hydrogen-bond donors (Lipinski definition) is 0. The van der Waals surface area contributed by atoms with Gasteiger partial charge in [-0.1, -0.05) is 121 Å². The van der Waals surface area contributed by atoms with Crippen molar-refractivity contribution < 1.29 is 0 Å². The molecule has 0 fully saturated rings. The van der Waals surface area contributed by atoms with Crippen LogP contribution in [0.5, 0.6) is 0 Å². The Labute approximate surface area is 278 Å². The van der Waals surface area contributed by atoms with Crippen molar-refractivity contribution in [2.24, 2.45) is 0 Å². The van der Waals surface area contributed by atoms with Gasteiger partial charge in [-0.3, -0.25) is 0 Å². The summed E-state index contributed by atoms with van der Waals surface area (Å²) in [5, 5.41) is 7.00. The van der Waals surface area contributed by atoms with E-state index in [0.717, 1.165) is 25.7 Å². The van der Waals surface area contributed by atoms with E-state index in [9.17, 15) is 0 Å². The van der Waals surface area contributed by atoms with E-state index in [2.05, 4.69) is 134 Å². The topological polar surface area (TPSA) is 0 Å². The van der Waals surface area contributed by atoms with Gasteiger partial charge in [-0.25, -0.2) is 0 Å². The molecular formula is C46H30S. The summed E-state index contributed by atoms with van der Waals surface area (Å²) in [6, 6.07) is 37.2. The van der Waals surface area contributed by atoms with Crippen LogP contribution in [0.25, 0.3) is 87.6 Å². The largest absolute Gasteiger partial charge is 0.135 e. The van der Waals surface area contributed by atoms with Gasteiger partial charge in [0.1, 0.15) is 0 Å². The SMILES string of the molecule is C1=Cc2ccc3c(-c4cccc(-c5sc6ccccc6c5-c5ccc6c7c8c(ccc57)C=CCC8=CC6)c4)ccc4c3c2C(=CC4)C1. The first kappa shape index (κ1) is 25.9. The average molecular weight is 615 g/mol. The van der Waals surface area contributed by atoms with E-state index in [1.807, 2.05) is 11.3 Å². The van der Waals surface area contributed by atoms with Gasteiger partial charge in [-0.05, 0) is 126 Å². The summed E-state index contributed by atoms with van der Waals surface area (Å²) in [6.45, 7) is 0. The van der Waals surface area contributed by atoms with Crippen LogP contribution < -0.4 is 0 Å². The van der Waals surface area contributed by atoms with Gasteiger partial charge in [0.15, 0.2) is 0 Å². The van der Waals surface area contributed by atoms with Gasteiger partial charge in [0.05, 0.1) is 0 Å². The first-order chi connectivity index (χ1) is 23.3. The molecule has 0 saturated carbocycles. The van der Waals surface area contributed by atoms with E-state index in [0.29, 0.717) is 0 Å². The molecule has 0 bridgehead atoms. The second-order valence-electron chi connectivity index (χ2n) is 13.4. The zero-order valence-corrected chi connectivity index (χ0v) is 26.8. The highest BCUT2D eigenvalue weighted by molar-refractivity contribution is 7.23. The minimum Gasteiger partial charge on any atom is -0.135 e. The van der Waals surface area contributed by atoms with Crippen molar-refractivity contribution in [2.75, 3.05) is 0 Å². The lowest BCUT2D eigenvalue weighted by molar-refractivity contribution is 1.23. The fourth-order valence-corrected chi connectivity index (χ4v) is 10.1. The van der Waals surface area contributed by atoms with Crippen LogP contribution in [0.15, 0.2) is 121 Å². The van der Waals surface area contributed by atoms with E-state index >= 15 is 0 Å². The highest BCUT2D eigenvalue weighted by Crippen LogP contribution is 2.50. The predicted octanol–water partition coefficient (Wildman–Crippen LogP) is 12.9. The summed E-state index contributed by atoms with van der Waals surface area (Å²) in [5.74, 6) is 0. The molecule has 0 spiro atoms. The quantitative estimate of drug-likeness (QED) is 0.186. The molecule has 0 saturated heterocycles. The summed E-state index contributed by atoms with van der Waals surface area (Å²) < 4.78 is 1.34. The van der Waals surface area contributed by atoms with Gasteiger partial charge in [-0.2, -0.15) is 0 Å². The second-order valence-corrected chi connectivity index (χ2v) is 14.5.